The van der Waals surface area contributed by atoms with Crippen molar-refractivity contribution in [3.8, 4) is 0 Å². The van der Waals surface area contributed by atoms with Crippen LogP contribution in [0.3, 0.4) is 0 Å². The third-order valence-corrected chi connectivity index (χ3v) is 2.48. The summed E-state index contributed by atoms with van der Waals surface area (Å²) in [6.45, 7) is 5.16. The molecule has 0 heterocycles. The lowest BCUT2D eigenvalue weighted by Crippen LogP contribution is -2.04. The van der Waals surface area contributed by atoms with Gasteiger partial charge in [-0.2, -0.15) is 0 Å². The maximum absolute atomic E-state index is 5.74. The second kappa shape index (κ2) is 6.41. The zero-order valence-corrected chi connectivity index (χ0v) is 9.74. The molecule has 1 aromatic rings. The van der Waals surface area contributed by atoms with Crippen LogP contribution in [0.4, 0.5) is 0 Å². The summed E-state index contributed by atoms with van der Waals surface area (Å²) in [6, 6.07) is 10.4. The van der Waals surface area contributed by atoms with Crippen molar-refractivity contribution < 1.29 is 0 Å². The molecule has 0 saturated heterocycles. The fourth-order valence-electron chi connectivity index (χ4n) is 1.49. The third kappa shape index (κ3) is 4.80. The van der Waals surface area contributed by atoms with Crippen LogP contribution in [-0.2, 0) is 0 Å². The van der Waals surface area contributed by atoms with Crippen LogP contribution >= 0.6 is 0 Å². The first-order valence-corrected chi connectivity index (χ1v) is 5.67. The molecule has 82 valence electrons. The minimum absolute atomic E-state index is 0.668. The molecule has 1 aromatic carbocycles. The van der Waals surface area contributed by atoms with Gasteiger partial charge in [0.15, 0.2) is 0 Å². The van der Waals surface area contributed by atoms with E-state index in [1.54, 1.807) is 0 Å². The van der Waals surface area contributed by atoms with E-state index in [-0.39, 0.29) is 0 Å². The quantitative estimate of drug-likeness (QED) is 0.779. The van der Waals surface area contributed by atoms with E-state index in [0.29, 0.717) is 6.54 Å². The van der Waals surface area contributed by atoms with Crippen molar-refractivity contribution in [2.24, 2.45) is 11.7 Å². The third-order valence-electron chi connectivity index (χ3n) is 2.48. The Bertz CT molecular complexity index is 298. The van der Waals surface area contributed by atoms with Crippen LogP contribution in [0.2, 0.25) is 0 Å². The van der Waals surface area contributed by atoms with E-state index < -0.39 is 0 Å². The lowest BCUT2D eigenvalue weighted by molar-refractivity contribution is 0.583. The monoisotopic (exact) mass is 203 g/mol. The Kier molecular flexibility index (Phi) is 5.13. The summed E-state index contributed by atoms with van der Waals surface area (Å²) >= 11 is 0. The average molecular weight is 203 g/mol. The highest BCUT2D eigenvalue weighted by Gasteiger charge is 1.98. The predicted octanol–water partition coefficient (Wildman–Crippen LogP) is 3.46. The number of hydrogen-bond acceptors (Lipinski definition) is 1. The fraction of sp³-hybridized carbons (Fsp3) is 0.429. The van der Waals surface area contributed by atoms with Gasteiger partial charge in [0.2, 0.25) is 0 Å². The number of rotatable bonds is 5. The Hall–Kier alpha value is -1.08. The smallest absolute Gasteiger partial charge is 0.0140 e. The highest BCUT2D eigenvalue weighted by molar-refractivity contribution is 5.52. The molecule has 0 fully saturated rings. The molecule has 1 heteroatoms. The molecule has 0 aliphatic rings. The lowest BCUT2D eigenvalue weighted by atomic mass is 10.0. The molecule has 0 aliphatic carbocycles. The van der Waals surface area contributed by atoms with Crippen molar-refractivity contribution >= 4 is 6.08 Å². The van der Waals surface area contributed by atoms with E-state index in [0.717, 1.165) is 12.3 Å². The van der Waals surface area contributed by atoms with Gasteiger partial charge in [0.25, 0.3) is 0 Å². The van der Waals surface area contributed by atoms with E-state index >= 15 is 0 Å². The van der Waals surface area contributed by atoms with Gasteiger partial charge < -0.3 is 5.73 Å². The van der Waals surface area contributed by atoms with E-state index in [1.807, 2.05) is 6.07 Å². The van der Waals surface area contributed by atoms with Crippen LogP contribution in [-0.4, -0.2) is 6.54 Å². The van der Waals surface area contributed by atoms with Gasteiger partial charge in [0.05, 0.1) is 0 Å². The van der Waals surface area contributed by atoms with Crippen LogP contribution in [0.15, 0.2) is 35.9 Å². The van der Waals surface area contributed by atoms with Crippen molar-refractivity contribution in [3.05, 3.63) is 41.5 Å². The molecule has 0 unspecified atom stereocenters. The zero-order chi connectivity index (χ0) is 11.1. The number of hydrogen-bond donors (Lipinski definition) is 1. The molecule has 0 saturated carbocycles. The summed E-state index contributed by atoms with van der Waals surface area (Å²) in [6.07, 6.45) is 4.54. The first-order valence-electron chi connectivity index (χ1n) is 5.67. The Morgan fingerprint density at radius 3 is 2.47 bits per heavy atom. The summed E-state index contributed by atoms with van der Waals surface area (Å²) in [5.41, 5.74) is 8.33. The minimum Gasteiger partial charge on any atom is -0.327 e. The van der Waals surface area contributed by atoms with Crippen LogP contribution in [0.5, 0.6) is 0 Å². The Balaban J connectivity index is 2.62. The van der Waals surface area contributed by atoms with E-state index in [9.17, 15) is 0 Å². The lowest BCUT2D eigenvalue weighted by Gasteiger charge is -2.07. The van der Waals surface area contributed by atoms with E-state index in [2.05, 4.69) is 44.2 Å². The highest BCUT2D eigenvalue weighted by Crippen LogP contribution is 2.14. The maximum Gasteiger partial charge on any atom is 0.0140 e. The van der Waals surface area contributed by atoms with Crippen LogP contribution in [0.25, 0.3) is 6.08 Å². The molecule has 0 spiro atoms. The van der Waals surface area contributed by atoms with Gasteiger partial charge in [0.1, 0.15) is 0 Å². The Labute approximate surface area is 93.0 Å². The summed E-state index contributed by atoms with van der Waals surface area (Å²) in [5, 5.41) is 0. The van der Waals surface area contributed by atoms with Crippen LogP contribution < -0.4 is 5.73 Å². The van der Waals surface area contributed by atoms with Gasteiger partial charge in [0, 0.05) is 6.54 Å². The average Bonchev–Trinajstić information content (AvgIpc) is 2.25. The highest BCUT2D eigenvalue weighted by atomic mass is 14.5. The molecule has 0 bridgehead atoms. The molecular formula is C14H21N. The van der Waals surface area contributed by atoms with Crippen LogP contribution in [0.1, 0.15) is 32.3 Å². The fourth-order valence-corrected chi connectivity index (χ4v) is 1.49. The normalized spacial score (nSPS) is 12.1. The van der Waals surface area contributed by atoms with Crippen LogP contribution in [0, 0.1) is 5.92 Å². The molecule has 0 aromatic heterocycles. The maximum atomic E-state index is 5.74. The van der Waals surface area contributed by atoms with Gasteiger partial charge in [-0.1, -0.05) is 55.8 Å². The van der Waals surface area contributed by atoms with E-state index in [1.165, 1.54) is 17.6 Å². The van der Waals surface area contributed by atoms with Gasteiger partial charge in [-0.05, 0) is 24.3 Å². The van der Waals surface area contributed by atoms with Gasteiger partial charge in [-0.25, -0.2) is 0 Å². The topological polar surface area (TPSA) is 26.0 Å². The molecular weight excluding hydrogens is 182 g/mol. The predicted molar refractivity (Wildman–Crippen MR) is 67.5 cm³/mol. The number of nitrogens with two attached hydrogens (primary N) is 1. The molecule has 0 amide bonds. The van der Waals surface area contributed by atoms with Crippen molar-refractivity contribution in [1.82, 2.24) is 0 Å². The molecule has 1 nitrogen and oxygen atoms in total. The van der Waals surface area contributed by atoms with Gasteiger partial charge in [-0.15, -0.1) is 0 Å². The summed E-state index contributed by atoms with van der Waals surface area (Å²) in [5.74, 6) is 0.746. The van der Waals surface area contributed by atoms with Gasteiger partial charge in [-0.3, -0.25) is 0 Å². The number of benzene rings is 1. The Morgan fingerprint density at radius 1 is 1.27 bits per heavy atom. The minimum atomic E-state index is 0.668. The summed E-state index contributed by atoms with van der Waals surface area (Å²) in [7, 11) is 0. The van der Waals surface area contributed by atoms with Crippen molar-refractivity contribution in [2.75, 3.05) is 6.54 Å². The van der Waals surface area contributed by atoms with Crippen molar-refractivity contribution in [3.63, 3.8) is 0 Å². The summed E-state index contributed by atoms with van der Waals surface area (Å²) < 4.78 is 0. The second-order valence-electron chi connectivity index (χ2n) is 4.35. The first-order chi connectivity index (χ1) is 7.22. The first kappa shape index (κ1) is 12.0. The van der Waals surface area contributed by atoms with Crippen molar-refractivity contribution in [2.45, 2.75) is 26.7 Å². The molecule has 1 rings (SSSR count). The SMILES string of the molecule is CC(C)CCC(=Cc1ccccc1)CN. The Morgan fingerprint density at radius 2 is 1.93 bits per heavy atom. The van der Waals surface area contributed by atoms with Gasteiger partial charge >= 0.3 is 0 Å². The molecule has 2 N–H and O–H groups in total. The molecule has 0 radical (unpaired) electrons. The zero-order valence-electron chi connectivity index (χ0n) is 9.74. The standard InChI is InChI=1S/C14H21N/c1-12(2)8-9-14(11-15)10-13-6-4-3-5-7-13/h3-7,10,12H,8-9,11,15H2,1-2H3. The summed E-state index contributed by atoms with van der Waals surface area (Å²) in [4.78, 5) is 0. The molecule has 15 heavy (non-hydrogen) atoms. The van der Waals surface area contributed by atoms with Crippen molar-refractivity contribution in [1.29, 1.82) is 0 Å². The molecule has 0 atom stereocenters. The van der Waals surface area contributed by atoms with E-state index in [4.69, 9.17) is 5.73 Å². The largest absolute Gasteiger partial charge is 0.327 e. The second-order valence-corrected chi connectivity index (χ2v) is 4.35. The molecule has 0 aliphatic heterocycles.